The lowest BCUT2D eigenvalue weighted by atomic mass is 10.1. The average Bonchev–Trinajstić information content (AvgIpc) is 2.72. The summed E-state index contributed by atoms with van der Waals surface area (Å²) >= 11 is 0. The highest BCUT2D eigenvalue weighted by Gasteiger charge is 2.12. The molecule has 0 spiro atoms. The van der Waals surface area contributed by atoms with Gasteiger partial charge in [0.25, 0.3) is 5.91 Å². The lowest BCUT2D eigenvalue weighted by Gasteiger charge is -2.12. The number of rotatable bonds is 8. The Morgan fingerprint density at radius 3 is 2.14 bits per heavy atom. The number of para-hydroxylation sites is 2. The summed E-state index contributed by atoms with van der Waals surface area (Å²) in [6, 6.07) is 23.3. The van der Waals surface area contributed by atoms with Crippen LogP contribution in [0.25, 0.3) is 0 Å². The number of anilines is 1. The van der Waals surface area contributed by atoms with Gasteiger partial charge in [-0.3, -0.25) is 9.59 Å². The number of carbonyl (C=O) groups is 2. The fourth-order valence-corrected chi connectivity index (χ4v) is 2.59. The van der Waals surface area contributed by atoms with Crippen LogP contribution >= 0.6 is 0 Å². The molecular weight excluding hydrogens is 354 g/mol. The van der Waals surface area contributed by atoms with Gasteiger partial charge in [0.2, 0.25) is 0 Å². The molecule has 0 heterocycles. The zero-order chi connectivity index (χ0) is 19.8. The summed E-state index contributed by atoms with van der Waals surface area (Å²) in [5.41, 5.74) is 1.63. The summed E-state index contributed by atoms with van der Waals surface area (Å²) < 4.78 is 11.3. The van der Waals surface area contributed by atoms with Gasteiger partial charge in [-0.25, -0.2) is 0 Å². The number of nitrogens with one attached hydrogen (secondary N) is 1. The van der Waals surface area contributed by atoms with Gasteiger partial charge in [-0.05, 0) is 55.5 Å². The van der Waals surface area contributed by atoms with E-state index in [0.717, 1.165) is 5.75 Å². The topological polar surface area (TPSA) is 64.6 Å². The molecule has 0 aromatic heterocycles. The van der Waals surface area contributed by atoms with E-state index in [0.29, 0.717) is 35.8 Å². The van der Waals surface area contributed by atoms with E-state index < -0.39 is 0 Å². The van der Waals surface area contributed by atoms with E-state index in [2.05, 4.69) is 5.32 Å². The molecule has 0 radical (unpaired) electrons. The van der Waals surface area contributed by atoms with Gasteiger partial charge in [0.1, 0.15) is 24.7 Å². The molecule has 0 aliphatic heterocycles. The number of hydrogen-bond donors (Lipinski definition) is 1. The summed E-state index contributed by atoms with van der Waals surface area (Å²) in [6.07, 6.45) is 0. The van der Waals surface area contributed by atoms with E-state index in [4.69, 9.17) is 9.47 Å². The lowest BCUT2D eigenvalue weighted by molar-refractivity contribution is 0.101. The molecule has 0 bridgehead atoms. The second kappa shape index (κ2) is 9.37. The third-order valence-electron chi connectivity index (χ3n) is 4.03. The Balaban J connectivity index is 1.59. The quantitative estimate of drug-likeness (QED) is 0.462. The van der Waals surface area contributed by atoms with Crippen LogP contribution in [-0.4, -0.2) is 24.9 Å². The minimum Gasteiger partial charge on any atom is -0.490 e. The SMILES string of the molecule is CC(=O)c1ccc(NC(=O)c2ccccc2OCCOc2ccccc2)cc1. The Hall–Kier alpha value is -3.60. The van der Waals surface area contributed by atoms with Gasteiger partial charge < -0.3 is 14.8 Å². The maximum Gasteiger partial charge on any atom is 0.259 e. The number of Topliss-reactive ketones (excluding diaryl/α,β-unsaturated/α-hetero) is 1. The molecule has 0 saturated carbocycles. The highest BCUT2D eigenvalue weighted by atomic mass is 16.5. The van der Waals surface area contributed by atoms with Crippen LogP contribution < -0.4 is 14.8 Å². The number of ether oxygens (including phenoxy) is 2. The predicted molar refractivity (Wildman–Crippen MR) is 108 cm³/mol. The molecule has 3 aromatic carbocycles. The molecule has 3 aromatic rings. The van der Waals surface area contributed by atoms with Gasteiger partial charge in [-0.2, -0.15) is 0 Å². The van der Waals surface area contributed by atoms with Crippen molar-refractivity contribution in [1.29, 1.82) is 0 Å². The molecular formula is C23H21NO4. The standard InChI is InChI=1S/C23H21NO4/c1-17(25)18-11-13-19(14-12-18)24-23(26)21-9-5-6-10-22(21)28-16-15-27-20-7-3-2-4-8-20/h2-14H,15-16H2,1H3,(H,24,26). The summed E-state index contributed by atoms with van der Waals surface area (Å²) in [7, 11) is 0. The molecule has 5 nitrogen and oxygen atoms in total. The first-order valence-electron chi connectivity index (χ1n) is 8.95. The molecule has 1 amide bonds. The Morgan fingerprint density at radius 2 is 1.43 bits per heavy atom. The number of amides is 1. The van der Waals surface area contributed by atoms with Crippen LogP contribution in [0.1, 0.15) is 27.6 Å². The van der Waals surface area contributed by atoms with E-state index in [1.54, 1.807) is 42.5 Å². The van der Waals surface area contributed by atoms with Gasteiger partial charge in [-0.15, -0.1) is 0 Å². The van der Waals surface area contributed by atoms with Gasteiger partial charge in [0, 0.05) is 11.3 Å². The van der Waals surface area contributed by atoms with Crippen molar-refractivity contribution >= 4 is 17.4 Å². The number of carbonyl (C=O) groups excluding carboxylic acids is 2. The van der Waals surface area contributed by atoms with E-state index in [-0.39, 0.29) is 11.7 Å². The normalized spacial score (nSPS) is 10.2. The van der Waals surface area contributed by atoms with Crippen molar-refractivity contribution in [3.05, 3.63) is 90.0 Å². The van der Waals surface area contributed by atoms with Crippen molar-refractivity contribution in [3.63, 3.8) is 0 Å². The molecule has 142 valence electrons. The minimum absolute atomic E-state index is 0.0191. The molecule has 0 aliphatic carbocycles. The highest BCUT2D eigenvalue weighted by Crippen LogP contribution is 2.20. The predicted octanol–water partition coefficient (Wildman–Crippen LogP) is 4.60. The molecule has 1 N–H and O–H groups in total. The first kappa shape index (κ1) is 19.2. The maximum atomic E-state index is 12.6. The second-order valence-electron chi connectivity index (χ2n) is 6.09. The van der Waals surface area contributed by atoms with E-state index >= 15 is 0 Å². The van der Waals surface area contributed by atoms with Crippen molar-refractivity contribution < 1.29 is 19.1 Å². The van der Waals surface area contributed by atoms with Crippen LogP contribution in [0.3, 0.4) is 0 Å². The van der Waals surface area contributed by atoms with Gasteiger partial charge in [0.05, 0.1) is 5.56 Å². The summed E-state index contributed by atoms with van der Waals surface area (Å²) in [5, 5.41) is 2.82. The van der Waals surface area contributed by atoms with Crippen LogP contribution in [-0.2, 0) is 0 Å². The third kappa shape index (κ3) is 5.20. The molecule has 5 heteroatoms. The number of hydrogen-bond acceptors (Lipinski definition) is 4. The Morgan fingerprint density at radius 1 is 0.786 bits per heavy atom. The number of ketones is 1. The van der Waals surface area contributed by atoms with Crippen LogP contribution in [0.15, 0.2) is 78.9 Å². The van der Waals surface area contributed by atoms with E-state index in [1.807, 2.05) is 36.4 Å². The molecule has 0 saturated heterocycles. The monoisotopic (exact) mass is 375 g/mol. The minimum atomic E-state index is -0.282. The van der Waals surface area contributed by atoms with Crippen molar-refractivity contribution in [2.75, 3.05) is 18.5 Å². The van der Waals surface area contributed by atoms with E-state index in [9.17, 15) is 9.59 Å². The Labute approximate surface area is 163 Å². The summed E-state index contributed by atoms with van der Waals surface area (Å²) in [6.45, 7) is 2.18. The van der Waals surface area contributed by atoms with Crippen molar-refractivity contribution in [3.8, 4) is 11.5 Å². The molecule has 0 unspecified atom stereocenters. The average molecular weight is 375 g/mol. The lowest BCUT2D eigenvalue weighted by Crippen LogP contribution is -2.15. The zero-order valence-electron chi connectivity index (χ0n) is 15.6. The van der Waals surface area contributed by atoms with Crippen LogP contribution in [0.4, 0.5) is 5.69 Å². The Kier molecular flexibility index (Phi) is 6.41. The van der Waals surface area contributed by atoms with Crippen molar-refractivity contribution in [1.82, 2.24) is 0 Å². The summed E-state index contributed by atoms with van der Waals surface area (Å²) in [5.74, 6) is 0.952. The molecule has 28 heavy (non-hydrogen) atoms. The fourth-order valence-electron chi connectivity index (χ4n) is 2.59. The first-order chi connectivity index (χ1) is 13.6. The molecule has 0 fully saturated rings. The molecule has 3 rings (SSSR count). The van der Waals surface area contributed by atoms with Crippen molar-refractivity contribution in [2.24, 2.45) is 0 Å². The van der Waals surface area contributed by atoms with E-state index in [1.165, 1.54) is 6.92 Å². The summed E-state index contributed by atoms with van der Waals surface area (Å²) in [4.78, 5) is 24.0. The van der Waals surface area contributed by atoms with Crippen LogP contribution in [0, 0.1) is 0 Å². The van der Waals surface area contributed by atoms with Crippen LogP contribution in [0.5, 0.6) is 11.5 Å². The van der Waals surface area contributed by atoms with Crippen molar-refractivity contribution in [2.45, 2.75) is 6.92 Å². The molecule has 0 atom stereocenters. The van der Waals surface area contributed by atoms with Gasteiger partial charge in [0.15, 0.2) is 5.78 Å². The van der Waals surface area contributed by atoms with Gasteiger partial charge in [-0.1, -0.05) is 30.3 Å². The third-order valence-corrected chi connectivity index (χ3v) is 4.03. The number of benzene rings is 3. The second-order valence-corrected chi connectivity index (χ2v) is 6.09. The maximum absolute atomic E-state index is 12.6. The van der Waals surface area contributed by atoms with Gasteiger partial charge >= 0.3 is 0 Å². The van der Waals surface area contributed by atoms with Crippen LogP contribution in [0.2, 0.25) is 0 Å². The smallest absolute Gasteiger partial charge is 0.259 e. The first-order valence-corrected chi connectivity index (χ1v) is 8.95. The highest BCUT2D eigenvalue weighted by molar-refractivity contribution is 6.06. The largest absolute Gasteiger partial charge is 0.490 e. The fraction of sp³-hybridized carbons (Fsp3) is 0.130. The Bertz CT molecular complexity index is 936. The zero-order valence-corrected chi connectivity index (χ0v) is 15.6. The molecule has 0 aliphatic rings.